The Balaban J connectivity index is 2.47. The van der Waals surface area contributed by atoms with Gasteiger partial charge in [0.15, 0.2) is 0 Å². The van der Waals surface area contributed by atoms with E-state index < -0.39 is 0 Å². The Morgan fingerprint density at radius 2 is 2.31 bits per heavy atom. The molecule has 0 aliphatic carbocycles. The molecule has 0 saturated carbocycles. The number of rotatable bonds is 5. The Hall–Kier alpha value is -1.36. The van der Waals surface area contributed by atoms with Crippen molar-refractivity contribution in [1.82, 2.24) is 15.1 Å². The normalized spacial score (nSPS) is 11.5. The van der Waals surface area contributed by atoms with Crippen LogP contribution < -0.4 is 5.32 Å². The quantitative estimate of drug-likeness (QED) is 0.769. The van der Waals surface area contributed by atoms with Gasteiger partial charge in [-0.05, 0) is 11.8 Å². The molecule has 90 valence electrons. The van der Waals surface area contributed by atoms with Crippen LogP contribution in [0.4, 0.5) is 0 Å². The predicted octanol–water partition coefficient (Wildman–Crippen LogP) is 0.558. The van der Waals surface area contributed by atoms with Gasteiger partial charge >= 0.3 is 0 Å². The number of nitrogens with zero attached hydrogens (tertiary/aromatic N) is 2. The number of hydrogen-bond donors (Lipinski definition) is 2. The molecular weight excluding hydrogens is 206 g/mol. The minimum atomic E-state index is -0.126. The van der Waals surface area contributed by atoms with Gasteiger partial charge in [-0.15, -0.1) is 0 Å². The lowest BCUT2D eigenvalue weighted by atomic mass is 9.90. The molecule has 0 saturated heterocycles. The first kappa shape index (κ1) is 12.7. The minimum absolute atomic E-state index is 0.0907. The molecule has 5 nitrogen and oxygen atoms in total. The van der Waals surface area contributed by atoms with Gasteiger partial charge in [0, 0.05) is 26.4 Å². The fourth-order valence-corrected chi connectivity index (χ4v) is 1.35. The number of hydrogen-bond acceptors (Lipinski definition) is 3. The lowest BCUT2D eigenvalue weighted by Gasteiger charge is -2.23. The van der Waals surface area contributed by atoms with Crippen LogP contribution in [0, 0.1) is 5.41 Å². The van der Waals surface area contributed by atoms with Gasteiger partial charge in [-0.2, -0.15) is 5.10 Å². The van der Waals surface area contributed by atoms with E-state index in [-0.39, 0.29) is 17.9 Å². The van der Waals surface area contributed by atoms with Crippen molar-refractivity contribution in [1.29, 1.82) is 0 Å². The molecule has 1 aromatic heterocycles. The smallest absolute Gasteiger partial charge is 0.254 e. The van der Waals surface area contributed by atoms with Crippen LogP contribution in [-0.4, -0.2) is 33.9 Å². The van der Waals surface area contributed by atoms with Crippen molar-refractivity contribution >= 4 is 5.91 Å². The second-order valence-corrected chi connectivity index (χ2v) is 4.72. The Bertz CT molecular complexity index is 358. The van der Waals surface area contributed by atoms with Crippen molar-refractivity contribution in [2.24, 2.45) is 12.5 Å². The molecule has 0 fully saturated rings. The summed E-state index contributed by atoms with van der Waals surface area (Å²) in [7, 11) is 1.77. The van der Waals surface area contributed by atoms with Gasteiger partial charge in [-0.1, -0.05) is 13.8 Å². The first-order valence-electron chi connectivity index (χ1n) is 5.32. The summed E-state index contributed by atoms with van der Waals surface area (Å²) < 4.78 is 1.59. The number of aliphatic hydroxyl groups is 1. The van der Waals surface area contributed by atoms with Crippen molar-refractivity contribution in [3.8, 4) is 0 Å². The first-order chi connectivity index (χ1) is 7.44. The predicted molar refractivity (Wildman–Crippen MR) is 61.0 cm³/mol. The fourth-order valence-electron chi connectivity index (χ4n) is 1.35. The summed E-state index contributed by atoms with van der Waals surface area (Å²) in [4.78, 5) is 11.7. The van der Waals surface area contributed by atoms with Crippen molar-refractivity contribution < 1.29 is 9.90 Å². The van der Waals surface area contributed by atoms with Crippen molar-refractivity contribution in [2.45, 2.75) is 20.3 Å². The summed E-state index contributed by atoms with van der Waals surface area (Å²) in [6.07, 6.45) is 3.88. The summed E-state index contributed by atoms with van der Waals surface area (Å²) in [5, 5.41) is 15.6. The fraction of sp³-hybridized carbons (Fsp3) is 0.636. The summed E-state index contributed by atoms with van der Waals surface area (Å²) in [6, 6.07) is 0. The largest absolute Gasteiger partial charge is 0.396 e. The summed E-state index contributed by atoms with van der Waals surface area (Å²) in [5.41, 5.74) is 0.467. The zero-order valence-electron chi connectivity index (χ0n) is 10.0. The van der Waals surface area contributed by atoms with Gasteiger partial charge in [0.2, 0.25) is 0 Å². The van der Waals surface area contributed by atoms with Crippen LogP contribution in [0.25, 0.3) is 0 Å². The highest BCUT2D eigenvalue weighted by atomic mass is 16.3. The highest BCUT2D eigenvalue weighted by Crippen LogP contribution is 2.18. The third-order valence-electron chi connectivity index (χ3n) is 2.48. The number of aryl methyl sites for hydroxylation is 1. The van der Waals surface area contributed by atoms with Crippen molar-refractivity contribution in [3.05, 3.63) is 18.0 Å². The van der Waals surface area contributed by atoms with Gasteiger partial charge in [0.1, 0.15) is 0 Å². The summed E-state index contributed by atoms with van der Waals surface area (Å²) >= 11 is 0. The zero-order chi connectivity index (χ0) is 12.2. The average molecular weight is 225 g/mol. The number of aromatic nitrogens is 2. The van der Waals surface area contributed by atoms with Crippen LogP contribution in [0.5, 0.6) is 0 Å². The average Bonchev–Trinajstić information content (AvgIpc) is 2.61. The van der Waals surface area contributed by atoms with Crippen LogP contribution in [0.2, 0.25) is 0 Å². The Morgan fingerprint density at radius 1 is 1.62 bits per heavy atom. The molecular formula is C11H19N3O2. The molecule has 1 aromatic rings. The van der Waals surface area contributed by atoms with E-state index in [1.165, 1.54) is 6.20 Å². The van der Waals surface area contributed by atoms with E-state index in [1.807, 2.05) is 13.8 Å². The molecule has 5 heteroatoms. The van der Waals surface area contributed by atoms with E-state index in [1.54, 1.807) is 17.9 Å². The third kappa shape index (κ3) is 3.66. The number of amides is 1. The molecule has 1 amide bonds. The van der Waals surface area contributed by atoms with E-state index >= 15 is 0 Å². The van der Waals surface area contributed by atoms with Crippen LogP contribution >= 0.6 is 0 Å². The van der Waals surface area contributed by atoms with Gasteiger partial charge in [-0.3, -0.25) is 9.48 Å². The van der Waals surface area contributed by atoms with Gasteiger partial charge in [0.25, 0.3) is 5.91 Å². The number of carbonyl (C=O) groups is 1. The molecule has 0 aliphatic rings. The van der Waals surface area contributed by atoms with Gasteiger partial charge in [0.05, 0.1) is 11.8 Å². The van der Waals surface area contributed by atoms with Crippen LogP contribution in [0.1, 0.15) is 30.6 Å². The molecule has 0 atom stereocenters. The minimum Gasteiger partial charge on any atom is -0.396 e. The number of nitrogens with one attached hydrogen (secondary N) is 1. The van der Waals surface area contributed by atoms with E-state index in [0.29, 0.717) is 18.5 Å². The summed E-state index contributed by atoms with van der Waals surface area (Å²) in [6.45, 7) is 4.69. The molecule has 1 heterocycles. The molecule has 0 aliphatic heterocycles. The van der Waals surface area contributed by atoms with Crippen LogP contribution in [0.15, 0.2) is 12.4 Å². The molecule has 0 radical (unpaired) electrons. The second kappa shape index (κ2) is 5.12. The molecule has 1 rings (SSSR count). The standard InChI is InChI=1S/C11H19N3O2/c1-11(2,4-5-15)8-12-10(16)9-6-13-14(3)7-9/h6-7,15H,4-5,8H2,1-3H3,(H,12,16). The third-order valence-corrected chi connectivity index (χ3v) is 2.48. The maximum absolute atomic E-state index is 11.7. The Kier molecular flexibility index (Phi) is 4.06. The molecule has 0 unspecified atom stereocenters. The summed E-state index contributed by atoms with van der Waals surface area (Å²) in [5.74, 6) is -0.126. The topological polar surface area (TPSA) is 67.2 Å². The lowest BCUT2D eigenvalue weighted by Crippen LogP contribution is -2.34. The number of carbonyl (C=O) groups excluding carboxylic acids is 1. The second-order valence-electron chi connectivity index (χ2n) is 4.72. The molecule has 0 aromatic carbocycles. The Morgan fingerprint density at radius 3 is 2.81 bits per heavy atom. The van der Waals surface area contributed by atoms with E-state index in [9.17, 15) is 4.79 Å². The van der Waals surface area contributed by atoms with E-state index in [2.05, 4.69) is 10.4 Å². The maximum atomic E-state index is 11.7. The zero-order valence-corrected chi connectivity index (χ0v) is 10.0. The Labute approximate surface area is 95.5 Å². The molecule has 0 spiro atoms. The maximum Gasteiger partial charge on any atom is 0.254 e. The van der Waals surface area contributed by atoms with E-state index in [4.69, 9.17) is 5.11 Å². The number of aliphatic hydroxyl groups excluding tert-OH is 1. The van der Waals surface area contributed by atoms with Gasteiger partial charge < -0.3 is 10.4 Å². The van der Waals surface area contributed by atoms with Crippen LogP contribution in [0.3, 0.4) is 0 Å². The first-order valence-corrected chi connectivity index (χ1v) is 5.32. The highest BCUT2D eigenvalue weighted by molar-refractivity contribution is 5.93. The molecule has 2 N–H and O–H groups in total. The van der Waals surface area contributed by atoms with Gasteiger partial charge in [-0.25, -0.2) is 0 Å². The van der Waals surface area contributed by atoms with Crippen molar-refractivity contribution in [3.63, 3.8) is 0 Å². The molecule has 0 bridgehead atoms. The van der Waals surface area contributed by atoms with Crippen LogP contribution in [-0.2, 0) is 7.05 Å². The SMILES string of the molecule is Cn1cc(C(=O)NCC(C)(C)CCO)cn1. The highest BCUT2D eigenvalue weighted by Gasteiger charge is 2.18. The monoisotopic (exact) mass is 225 g/mol. The van der Waals surface area contributed by atoms with E-state index in [0.717, 1.165) is 0 Å². The van der Waals surface area contributed by atoms with Crippen molar-refractivity contribution in [2.75, 3.05) is 13.2 Å². The lowest BCUT2D eigenvalue weighted by molar-refractivity contribution is 0.0928. The molecule has 16 heavy (non-hydrogen) atoms.